The van der Waals surface area contributed by atoms with Crippen LogP contribution in [0.25, 0.3) is 10.9 Å². The fraction of sp³-hybridized carbons (Fsp3) is 0.400. The van der Waals surface area contributed by atoms with Crippen molar-refractivity contribution in [2.45, 2.75) is 26.4 Å². The van der Waals surface area contributed by atoms with Crippen LogP contribution in [-0.2, 0) is 11.3 Å². The average Bonchev–Trinajstić information content (AvgIpc) is 2.91. The van der Waals surface area contributed by atoms with E-state index in [-0.39, 0.29) is 11.9 Å². The second-order valence-electron chi connectivity index (χ2n) is 4.81. The Morgan fingerprint density at radius 3 is 2.95 bits per heavy atom. The molecule has 0 radical (unpaired) electrons. The van der Waals surface area contributed by atoms with Crippen molar-refractivity contribution in [2.24, 2.45) is 0 Å². The molecule has 2 rings (SSSR count). The summed E-state index contributed by atoms with van der Waals surface area (Å²) in [6.45, 7) is 5.31. The number of H-pyrrole nitrogens is 1. The molecule has 0 spiro atoms. The SMILES string of the molecule is CCN(C)C(=O)C(C)NCc1cccc2[nH]ccc12. The van der Waals surface area contributed by atoms with Gasteiger partial charge < -0.3 is 15.2 Å². The molecule has 0 aliphatic carbocycles. The maximum atomic E-state index is 12.0. The Hall–Kier alpha value is -1.81. The monoisotopic (exact) mass is 259 g/mol. The number of carbonyl (C=O) groups is 1. The molecule has 4 heteroatoms. The Morgan fingerprint density at radius 1 is 1.42 bits per heavy atom. The van der Waals surface area contributed by atoms with Gasteiger partial charge in [0.1, 0.15) is 0 Å². The van der Waals surface area contributed by atoms with Gasteiger partial charge in [-0.05, 0) is 31.5 Å². The summed E-state index contributed by atoms with van der Waals surface area (Å²) in [6.07, 6.45) is 1.94. The van der Waals surface area contributed by atoms with Crippen LogP contribution in [0.5, 0.6) is 0 Å². The van der Waals surface area contributed by atoms with Crippen molar-refractivity contribution in [1.29, 1.82) is 0 Å². The number of fused-ring (bicyclic) bond motifs is 1. The van der Waals surface area contributed by atoms with Gasteiger partial charge in [-0.2, -0.15) is 0 Å². The van der Waals surface area contributed by atoms with Crippen LogP contribution in [-0.4, -0.2) is 35.4 Å². The third-order valence-corrected chi connectivity index (χ3v) is 3.50. The number of aromatic nitrogens is 1. The van der Waals surface area contributed by atoms with Crippen molar-refractivity contribution in [3.63, 3.8) is 0 Å². The predicted molar refractivity (Wildman–Crippen MR) is 77.9 cm³/mol. The summed E-state index contributed by atoms with van der Waals surface area (Å²) in [4.78, 5) is 16.9. The molecule has 0 saturated carbocycles. The Labute approximate surface area is 113 Å². The lowest BCUT2D eigenvalue weighted by molar-refractivity contribution is -0.131. The van der Waals surface area contributed by atoms with E-state index in [1.165, 1.54) is 10.9 Å². The first kappa shape index (κ1) is 13.6. The predicted octanol–water partition coefficient (Wildman–Crippen LogP) is 2.12. The van der Waals surface area contributed by atoms with Gasteiger partial charge in [0.15, 0.2) is 0 Å². The number of rotatable bonds is 5. The van der Waals surface area contributed by atoms with Gasteiger partial charge in [-0.15, -0.1) is 0 Å². The third kappa shape index (κ3) is 2.96. The summed E-state index contributed by atoms with van der Waals surface area (Å²) >= 11 is 0. The Kier molecular flexibility index (Phi) is 4.22. The minimum Gasteiger partial charge on any atom is -0.361 e. The van der Waals surface area contributed by atoms with Crippen LogP contribution in [0.15, 0.2) is 30.5 Å². The molecular formula is C15H21N3O. The summed E-state index contributed by atoms with van der Waals surface area (Å²) in [5.41, 5.74) is 2.33. The number of carbonyl (C=O) groups excluding carboxylic acids is 1. The van der Waals surface area contributed by atoms with Gasteiger partial charge >= 0.3 is 0 Å². The highest BCUT2D eigenvalue weighted by molar-refractivity contribution is 5.83. The molecule has 19 heavy (non-hydrogen) atoms. The molecule has 1 aromatic carbocycles. The van der Waals surface area contributed by atoms with E-state index in [0.29, 0.717) is 6.54 Å². The van der Waals surface area contributed by atoms with Crippen LogP contribution in [0.3, 0.4) is 0 Å². The van der Waals surface area contributed by atoms with E-state index in [4.69, 9.17) is 0 Å². The van der Waals surface area contributed by atoms with Crippen molar-refractivity contribution in [2.75, 3.05) is 13.6 Å². The first-order valence-electron chi connectivity index (χ1n) is 6.66. The van der Waals surface area contributed by atoms with Crippen LogP contribution in [0.4, 0.5) is 0 Å². The van der Waals surface area contributed by atoms with Crippen molar-refractivity contribution < 1.29 is 4.79 Å². The van der Waals surface area contributed by atoms with Crippen molar-refractivity contribution in [3.8, 4) is 0 Å². The van der Waals surface area contributed by atoms with E-state index >= 15 is 0 Å². The minimum atomic E-state index is -0.167. The number of nitrogens with one attached hydrogen (secondary N) is 2. The Balaban J connectivity index is 2.02. The number of hydrogen-bond donors (Lipinski definition) is 2. The molecule has 1 unspecified atom stereocenters. The quantitative estimate of drug-likeness (QED) is 0.864. The average molecular weight is 259 g/mol. The number of aromatic amines is 1. The fourth-order valence-electron chi connectivity index (χ4n) is 2.14. The van der Waals surface area contributed by atoms with Gasteiger partial charge in [-0.1, -0.05) is 12.1 Å². The summed E-state index contributed by atoms with van der Waals surface area (Å²) < 4.78 is 0. The van der Waals surface area contributed by atoms with Gasteiger partial charge in [0, 0.05) is 37.2 Å². The van der Waals surface area contributed by atoms with Crippen LogP contribution in [0.2, 0.25) is 0 Å². The molecule has 0 fully saturated rings. The van der Waals surface area contributed by atoms with Crippen LogP contribution in [0.1, 0.15) is 19.4 Å². The molecule has 4 nitrogen and oxygen atoms in total. The van der Waals surface area contributed by atoms with Crippen LogP contribution in [0, 0.1) is 0 Å². The zero-order chi connectivity index (χ0) is 13.8. The van der Waals surface area contributed by atoms with Crippen molar-refractivity contribution in [3.05, 3.63) is 36.0 Å². The van der Waals surface area contributed by atoms with Gasteiger partial charge in [-0.25, -0.2) is 0 Å². The summed E-state index contributed by atoms with van der Waals surface area (Å²) in [5.74, 6) is 0.128. The molecule has 1 heterocycles. The van der Waals surface area contributed by atoms with Gasteiger partial charge in [0.2, 0.25) is 5.91 Å². The highest BCUT2D eigenvalue weighted by Crippen LogP contribution is 2.17. The van der Waals surface area contributed by atoms with E-state index in [0.717, 1.165) is 12.1 Å². The van der Waals surface area contributed by atoms with Gasteiger partial charge in [-0.3, -0.25) is 4.79 Å². The minimum absolute atomic E-state index is 0.128. The van der Waals surface area contributed by atoms with E-state index in [9.17, 15) is 4.79 Å². The van der Waals surface area contributed by atoms with Gasteiger partial charge in [0.05, 0.1) is 6.04 Å². The van der Waals surface area contributed by atoms with Crippen molar-refractivity contribution in [1.82, 2.24) is 15.2 Å². The largest absolute Gasteiger partial charge is 0.361 e. The first-order valence-corrected chi connectivity index (χ1v) is 6.66. The number of likely N-dealkylation sites (N-methyl/N-ethyl adjacent to an activating group) is 1. The summed E-state index contributed by atoms with van der Waals surface area (Å²) in [7, 11) is 1.83. The Morgan fingerprint density at radius 2 is 2.21 bits per heavy atom. The zero-order valence-electron chi connectivity index (χ0n) is 11.7. The van der Waals surface area contributed by atoms with E-state index < -0.39 is 0 Å². The molecule has 0 bridgehead atoms. The lowest BCUT2D eigenvalue weighted by Crippen LogP contribution is -2.42. The maximum absolute atomic E-state index is 12.0. The normalized spacial score (nSPS) is 12.6. The third-order valence-electron chi connectivity index (χ3n) is 3.50. The molecule has 2 aromatic rings. The van der Waals surface area contributed by atoms with Crippen LogP contribution >= 0.6 is 0 Å². The molecule has 1 aromatic heterocycles. The molecule has 0 aliphatic heterocycles. The molecule has 1 atom stereocenters. The summed E-state index contributed by atoms with van der Waals surface area (Å²) in [5, 5.41) is 4.50. The Bertz CT molecular complexity index is 561. The van der Waals surface area contributed by atoms with Crippen molar-refractivity contribution >= 4 is 16.8 Å². The number of hydrogen-bond acceptors (Lipinski definition) is 2. The second-order valence-corrected chi connectivity index (χ2v) is 4.81. The molecule has 0 saturated heterocycles. The highest BCUT2D eigenvalue weighted by atomic mass is 16.2. The molecular weight excluding hydrogens is 238 g/mol. The van der Waals surface area contributed by atoms with E-state index in [2.05, 4.69) is 28.5 Å². The lowest BCUT2D eigenvalue weighted by atomic mass is 10.1. The number of nitrogens with zero attached hydrogens (tertiary/aromatic N) is 1. The number of amides is 1. The maximum Gasteiger partial charge on any atom is 0.239 e. The zero-order valence-corrected chi connectivity index (χ0v) is 11.7. The number of benzene rings is 1. The van der Waals surface area contributed by atoms with Crippen LogP contribution < -0.4 is 5.32 Å². The lowest BCUT2D eigenvalue weighted by Gasteiger charge is -2.20. The molecule has 1 amide bonds. The first-order chi connectivity index (χ1) is 9.13. The topological polar surface area (TPSA) is 48.1 Å². The molecule has 0 aliphatic rings. The molecule has 2 N–H and O–H groups in total. The standard InChI is InChI=1S/C15H21N3O/c1-4-18(3)15(19)11(2)17-10-12-6-5-7-14-13(12)8-9-16-14/h5-9,11,16-17H,4,10H2,1-3H3. The van der Waals surface area contributed by atoms with Gasteiger partial charge in [0.25, 0.3) is 0 Å². The van der Waals surface area contributed by atoms with E-state index in [1.54, 1.807) is 4.90 Å². The van der Waals surface area contributed by atoms with E-state index in [1.807, 2.05) is 33.2 Å². The second kappa shape index (κ2) is 5.89. The highest BCUT2D eigenvalue weighted by Gasteiger charge is 2.15. The summed E-state index contributed by atoms with van der Waals surface area (Å²) in [6, 6.07) is 8.07. The fourth-order valence-corrected chi connectivity index (χ4v) is 2.14. The molecule has 102 valence electrons. The smallest absolute Gasteiger partial charge is 0.239 e.